The summed E-state index contributed by atoms with van der Waals surface area (Å²) in [5.41, 5.74) is 6.05. The largest absolute Gasteiger partial charge is 0.490 e. The van der Waals surface area contributed by atoms with Crippen LogP contribution < -0.4 is 15.2 Å². The summed E-state index contributed by atoms with van der Waals surface area (Å²) in [7, 11) is 0. The summed E-state index contributed by atoms with van der Waals surface area (Å²) < 4.78 is 11.1. The Morgan fingerprint density at radius 1 is 1.32 bits per heavy atom. The molecule has 1 saturated heterocycles. The predicted molar refractivity (Wildman–Crippen MR) is 86.1 cm³/mol. The van der Waals surface area contributed by atoms with Crippen molar-refractivity contribution in [3.63, 3.8) is 0 Å². The minimum atomic E-state index is -0.0584. The van der Waals surface area contributed by atoms with Crippen molar-refractivity contribution in [3.8, 4) is 11.5 Å². The molecule has 1 fully saturated rings. The molecule has 1 aliphatic rings. The lowest BCUT2D eigenvalue weighted by atomic mass is 9.80. The van der Waals surface area contributed by atoms with E-state index in [1.54, 1.807) is 0 Å². The summed E-state index contributed by atoms with van der Waals surface area (Å²) in [5, 5.41) is 0. The van der Waals surface area contributed by atoms with Gasteiger partial charge < -0.3 is 20.1 Å². The summed E-state index contributed by atoms with van der Waals surface area (Å²) in [5.74, 6) is 1.26. The van der Waals surface area contributed by atoms with Crippen LogP contribution in [0, 0.1) is 5.41 Å². The number of piperidine rings is 1. The maximum absolute atomic E-state index is 12.4. The van der Waals surface area contributed by atoms with Crippen LogP contribution >= 0.6 is 0 Å². The second kappa shape index (κ2) is 7.01. The number of benzene rings is 1. The number of likely N-dealkylation sites (tertiary alicyclic amines) is 1. The Bertz CT molecular complexity index is 516. The molecule has 2 rings (SSSR count). The Morgan fingerprint density at radius 2 is 1.95 bits per heavy atom. The van der Waals surface area contributed by atoms with E-state index in [9.17, 15) is 4.79 Å². The topological polar surface area (TPSA) is 64.8 Å². The van der Waals surface area contributed by atoms with Crippen LogP contribution in [0.3, 0.4) is 0 Å². The molecule has 0 aromatic heterocycles. The van der Waals surface area contributed by atoms with Gasteiger partial charge in [0.2, 0.25) is 0 Å². The number of hydrogen-bond donors (Lipinski definition) is 1. The smallest absolute Gasteiger partial charge is 0.260 e. The fraction of sp³-hybridized carbons (Fsp3) is 0.588. The molecule has 0 spiro atoms. The first kappa shape index (κ1) is 16.6. The van der Waals surface area contributed by atoms with Crippen LogP contribution in [0.1, 0.15) is 27.2 Å². The highest BCUT2D eigenvalue weighted by molar-refractivity contribution is 5.78. The summed E-state index contributed by atoms with van der Waals surface area (Å²) in [6, 6.07) is 7.54. The lowest BCUT2D eigenvalue weighted by Gasteiger charge is -2.42. The Labute approximate surface area is 132 Å². The molecular weight excluding hydrogens is 280 g/mol. The molecule has 0 bridgehead atoms. The van der Waals surface area contributed by atoms with Gasteiger partial charge in [0.1, 0.15) is 0 Å². The van der Waals surface area contributed by atoms with Gasteiger partial charge in [0.15, 0.2) is 18.1 Å². The van der Waals surface area contributed by atoms with Gasteiger partial charge in [0, 0.05) is 19.1 Å². The standard InChI is InChI=1S/C17H26N2O3/c1-4-21-13-7-5-6-8-14(13)22-11-16(20)19-10-9-15(18)17(2,3)12-19/h5-8,15H,4,9-12,18H2,1-3H3. The van der Waals surface area contributed by atoms with Crippen molar-refractivity contribution < 1.29 is 14.3 Å². The van der Waals surface area contributed by atoms with E-state index in [4.69, 9.17) is 15.2 Å². The van der Waals surface area contributed by atoms with Gasteiger partial charge in [-0.3, -0.25) is 4.79 Å². The molecule has 1 aromatic rings. The quantitative estimate of drug-likeness (QED) is 0.904. The first-order chi connectivity index (χ1) is 10.4. The van der Waals surface area contributed by atoms with Crippen LogP contribution in [0.4, 0.5) is 0 Å². The SMILES string of the molecule is CCOc1ccccc1OCC(=O)N1CCC(N)C(C)(C)C1. The number of hydrogen-bond acceptors (Lipinski definition) is 4. The third-order valence-corrected chi connectivity index (χ3v) is 4.17. The van der Waals surface area contributed by atoms with E-state index in [-0.39, 0.29) is 24.0 Å². The number of rotatable bonds is 5. The van der Waals surface area contributed by atoms with Crippen LogP contribution in [0.25, 0.3) is 0 Å². The molecule has 1 aromatic carbocycles. The molecule has 1 heterocycles. The molecule has 1 unspecified atom stereocenters. The van der Waals surface area contributed by atoms with E-state index < -0.39 is 0 Å². The zero-order valence-corrected chi connectivity index (χ0v) is 13.7. The number of nitrogens with zero attached hydrogens (tertiary/aromatic N) is 1. The number of para-hydroxylation sites is 2. The van der Waals surface area contributed by atoms with Crippen molar-refractivity contribution in [1.82, 2.24) is 4.90 Å². The number of nitrogens with two attached hydrogens (primary N) is 1. The Hall–Kier alpha value is -1.75. The molecule has 5 heteroatoms. The van der Waals surface area contributed by atoms with E-state index in [1.807, 2.05) is 36.1 Å². The molecule has 1 amide bonds. The number of carbonyl (C=O) groups is 1. The van der Waals surface area contributed by atoms with Crippen LogP contribution in [-0.2, 0) is 4.79 Å². The minimum absolute atomic E-state index is 0.00808. The highest BCUT2D eigenvalue weighted by Gasteiger charge is 2.35. The van der Waals surface area contributed by atoms with E-state index >= 15 is 0 Å². The van der Waals surface area contributed by atoms with Gasteiger partial charge in [-0.2, -0.15) is 0 Å². The monoisotopic (exact) mass is 306 g/mol. The zero-order valence-electron chi connectivity index (χ0n) is 13.7. The van der Waals surface area contributed by atoms with Gasteiger partial charge >= 0.3 is 0 Å². The second-order valence-corrected chi connectivity index (χ2v) is 6.37. The molecule has 0 radical (unpaired) electrons. The minimum Gasteiger partial charge on any atom is -0.490 e. The summed E-state index contributed by atoms with van der Waals surface area (Å²) in [6.07, 6.45) is 0.828. The highest BCUT2D eigenvalue weighted by atomic mass is 16.5. The lowest BCUT2D eigenvalue weighted by molar-refractivity contribution is -0.136. The lowest BCUT2D eigenvalue weighted by Crippen LogP contribution is -2.54. The summed E-state index contributed by atoms with van der Waals surface area (Å²) in [6.45, 7) is 8.07. The van der Waals surface area contributed by atoms with Gasteiger partial charge in [0.25, 0.3) is 5.91 Å². The second-order valence-electron chi connectivity index (χ2n) is 6.37. The van der Waals surface area contributed by atoms with Crippen LogP contribution in [0.2, 0.25) is 0 Å². The normalized spacial score (nSPS) is 20.5. The van der Waals surface area contributed by atoms with Gasteiger partial charge in [-0.05, 0) is 30.9 Å². The van der Waals surface area contributed by atoms with Crippen LogP contribution in [-0.4, -0.2) is 43.2 Å². The molecular formula is C17H26N2O3. The summed E-state index contributed by atoms with van der Waals surface area (Å²) >= 11 is 0. The highest BCUT2D eigenvalue weighted by Crippen LogP contribution is 2.29. The van der Waals surface area contributed by atoms with Crippen molar-refractivity contribution >= 4 is 5.91 Å². The zero-order chi connectivity index (χ0) is 16.2. The van der Waals surface area contributed by atoms with Crippen molar-refractivity contribution in [3.05, 3.63) is 24.3 Å². The first-order valence-corrected chi connectivity index (χ1v) is 7.82. The maximum Gasteiger partial charge on any atom is 0.260 e. The van der Waals surface area contributed by atoms with Gasteiger partial charge in [-0.1, -0.05) is 26.0 Å². The van der Waals surface area contributed by atoms with Crippen molar-refractivity contribution in [2.45, 2.75) is 33.2 Å². The van der Waals surface area contributed by atoms with Crippen molar-refractivity contribution in [2.24, 2.45) is 11.1 Å². The Balaban J connectivity index is 1.93. The molecule has 0 aliphatic carbocycles. The fourth-order valence-electron chi connectivity index (χ4n) is 2.66. The van der Waals surface area contributed by atoms with E-state index in [2.05, 4.69) is 13.8 Å². The molecule has 22 heavy (non-hydrogen) atoms. The molecule has 1 aliphatic heterocycles. The van der Waals surface area contributed by atoms with Crippen LogP contribution in [0.5, 0.6) is 11.5 Å². The first-order valence-electron chi connectivity index (χ1n) is 7.82. The molecule has 1 atom stereocenters. The Morgan fingerprint density at radius 3 is 2.55 bits per heavy atom. The van der Waals surface area contributed by atoms with E-state index in [0.717, 1.165) is 6.42 Å². The maximum atomic E-state index is 12.4. The predicted octanol–water partition coefficient (Wildman–Crippen LogP) is 2.05. The van der Waals surface area contributed by atoms with Gasteiger partial charge in [-0.15, -0.1) is 0 Å². The molecule has 122 valence electrons. The molecule has 2 N–H and O–H groups in total. The number of carbonyl (C=O) groups excluding carboxylic acids is 1. The van der Waals surface area contributed by atoms with Gasteiger partial charge in [-0.25, -0.2) is 0 Å². The average Bonchev–Trinajstić information content (AvgIpc) is 2.49. The third kappa shape index (κ3) is 3.91. The molecule has 5 nitrogen and oxygen atoms in total. The average molecular weight is 306 g/mol. The van der Waals surface area contributed by atoms with E-state index in [1.165, 1.54) is 0 Å². The third-order valence-electron chi connectivity index (χ3n) is 4.17. The number of ether oxygens (including phenoxy) is 2. The number of amides is 1. The molecule has 0 saturated carbocycles. The van der Waals surface area contributed by atoms with E-state index in [0.29, 0.717) is 31.2 Å². The van der Waals surface area contributed by atoms with Gasteiger partial charge in [0.05, 0.1) is 6.61 Å². The van der Waals surface area contributed by atoms with Crippen molar-refractivity contribution in [2.75, 3.05) is 26.3 Å². The van der Waals surface area contributed by atoms with Crippen LogP contribution in [0.15, 0.2) is 24.3 Å². The Kier molecular flexibility index (Phi) is 5.29. The fourth-order valence-corrected chi connectivity index (χ4v) is 2.66. The summed E-state index contributed by atoms with van der Waals surface area (Å²) in [4.78, 5) is 14.2. The van der Waals surface area contributed by atoms with Crippen molar-refractivity contribution in [1.29, 1.82) is 0 Å².